The maximum absolute atomic E-state index is 12.3. The molecule has 4 rings (SSSR count). The lowest BCUT2D eigenvalue weighted by Gasteiger charge is -2.37. The van der Waals surface area contributed by atoms with Gasteiger partial charge in [-0.2, -0.15) is 0 Å². The summed E-state index contributed by atoms with van der Waals surface area (Å²) in [6.07, 6.45) is 2.15. The number of nitrogens with one attached hydrogen (secondary N) is 1. The molecular weight excluding hydrogens is 362 g/mol. The van der Waals surface area contributed by atoms with Crippen molar-refractivity contribution in [3.63, 3.8) is 0 Å². The molecule has 1 N–H and O–H groups in total. The van der Waals surface area contributed by atoms with E-state index in [9.17, 15) is 4.79 Å². The van der Waals surface area contributed by atoms with Gasteiger partial charge in [0.25, 0.3) is 5.91 Å². The van der Waals surface area contributed by atoms with Crippen LogP contribution < -0.4 is 5.32 Å². The molecular formula is C24H29N3O2. The minimum atomic E-state index is -0.146. The summed E-state index contributed by atoms with van der Waals surface area (Å²) in [5.74, 6) is 1.46. The van der Waals surface area contributed by atoms with Gasteiger partial charge in [-0.3, -0.25) is 9.69 Å². The van der Waals surface area contributed by atoms with Crippen LogP contribution in [-0.2, 0) is 13.1 Å². The number of nitrogens with zero attached hydrogens (tertiary/aromatic N) is 2. The molecule has 0 aliphatic carbocycles. The minimum absolute atomic E-state index is 0.146. The van der Waals surface area contributed by atoms with Crippen molar-refractivity contribution >= 4 is 5.91 Å². The first-order chi connectivity index (χ1) is 14.0. The Bertz CT molecular complexity index is 985. The van der Waals surface area contributed by atoms with Gasteiger partial charge in [0.15, 0.2) is 5.76 Å². The van der Waals surface area contributed by atoms with Crippen molar-refractivity contribution in [2.75, 3.05) is 13.1 Å². The molecule has 0 saturated carbocycles. The zero-order valence-corrected chi connectivity index (χ0v) is 17.4. The van der Waals surface area contributed by atoms with Crippen LogP contribution in [0.1, 0.15) is 53.0 Å². The van der Waals surface area contributed by atoms with Crippen molar-refractivity contribution in [3.8, 4) is 0 Å². The SMILES string of the molecule is Cc1cccc(C2c3cccn3CCN2Cc2ccc(C(=O)NCC(C)C)o2)c1. The number of fused-ring (bicyclic) bond motifs is 1. The molecule has 1 aliphatic rings. The molecule has 29 heavy (non-hydrogen) atoms. The number of carbonyl (C=O) groups is 1. The van der Waals surface area contributed by atoms with E-state index in [2.05, 4.69) is 78.2 Å². The second-order valence-electron chi connectivity index (χ2n) is 8.28. The van der Waals surface area contributed by atoms with Crippen molar-refractivity contribution in [1.29, 1.82) is 0 Å². The van der Waals surface area contributed by atoms with E-state index in [0.29, 0.717) is 24.8 Å². The first kappa shape index (κ1) is 19.5. The number of benzene rings is 1. The van der Waals surface area contributed by atoms with Gasteiger partial charge in [0, 0.05) is 31.5 Å². The van der Waals surface area contributed by atoms with Crippen LogP contribution in [0.15, 0.2) is 59.1 Å². The molecule has 3 aromatic rings. The number of rotatable bonds is 6. The molecule has 0 spiro atoms. The van der Waals surface area contributed by atoms with E-state index in [4.69, 9.17) is 4.42 Å². The van der Waals surface area contributed by atoms with Crippen molar-refractivity contribution in [3.05, 3.63) is 83.1 Å². The third-order valence-corrected chi connectivity index (χ3v) is 5.41. The highest BCUT2D eigenvalue weighted by atomic mass is 16.4. The van der Waals surface area contributed by atoms with E-state index < -0.39 is 0 Å². The van der Waals surface area contributed by atoms with Gasteiger partial charge >= 0.3 is 0 Å². The molecule has 1 amide bonds. The monoisotopic (exact) mass is 391 g/mol. The Morgan fingerprint density at radius 3 is 2.83 bits per heavy atom. The summed E-state index contributed by atoms with van der Waals surface area (Å²) < 4.78 is 8.23. The van der Waals surface area contributed by atoms with Crippen LogP contribution in [0, 0.1) is 12.8 Å². The van der Waals surface area contributed by atoms with E-state index in [1.807, 2.05) is 6.07 Å². The zero-order chi connectivity index (χ0) is 20.4. The Hall–Kier alpha value is -2.79. The fourth-order valence-electron chi connectivity index (χ4n) is 3.99. The number of aryl methyl sites for hydroxylation is 1. The third kappa shape index (κ3) is 4.30. The Balaban J connectivity index is 1.55. The van der Waals surface area contributed by atoms with Crippen molar-refractivity contribution in [1.82, 2.24) is 14.8 Å². The summed E-state index contributed by atoms with van der Waals surface area (Å²) in [5, 5.41) is 2.92. The van der Waals surface area contributed by atoms with Gasteiger partial charge in [0.2, 0.25) is 0 Å². The summed E-state index contributed by atoms with van der Waals surface area (Å²) >= 11 is 0. The molecule has 0 bridgehead atoms. The van der Waals surface area contributed by atoms with Gasteiger partial charge in [-0.1, -0.05) is 43.7 Å². The normalized spacial score (nSPS) is 16.8. The van der Waals surface area contributed by atoms with Crippen LogP contribution in [0.5, 0.6) is 0 Å². The lowest BCUT2D eigenvalue weighted by Crippen LogP contribution is -2.37. The van der Waals surface area contributed by atoms with Gasteiger partial charge in [-0.15, -0.1) is 0 Å². The summed E-state index contributed by atoms with van der Waals surface area (Å²) in [5.41, 5.74) is 3.84. The van der Waals surface area contributed by atoms with Crippen LogP contribution in [0.3, 0.4) is 0 Å². The summed E-state index contributed by atoms with van der Waals surface area (Å²) in [6, 6.07) is 16.9. The van der Waals surface area contributed by atoms with E-state index in [1.54, 1.807) is 6.07 Å². The quantitative estimate of drug-likeness (QED) is 0.678. The Labute approximate surface area is 172 Å². The Morgan fingerprint density at radius 1 is 1.17 bits per heavy atom. The topological polar surface area (TPSA) is 50.4 Å². The van der Waals surface area contributed by atoms with Gasteiger partial charge in [-0.05, 0) is 42.7 Å². The summed E-state index contributed by atoms with van der Waals surface area (Å²) in [4.78, 5) is 14.7. The number of aromatic nitrogens is 1. The van der Waals surface area contributed by atoms with Gasteiger partial charge < -0.3 is 14.3 Å². The van der Waals surface area contributed by atoms with Crippen LogP contribution in [0.2, 0.25) is 0 Å². The molecule has 1 atom stereocenters. The summed E-state index contributed by atoms with van der Waals surface area (Å²) in [7, 11) is 0. The molecule has 1 unspecified atom stereocenters. The van der Waals surface area contributed by atoms with Gasteiger partial charge in [0.05, 0.1) is 12.6 Å². The van der Waals surface area contributed by atoms with E-state index in [1.165, 1.54) is 16.8 Å². The van der Waals surface area contributed by atoms with Gasteiger partial charge in [0.1, 0.15) is 5.76 Å². The predicted molar refractivity (Wildman–Crippen MR) is 114 cm³/mol. The molecule has 152 valence electrons. The molecule has 5 heteroatoms. The fourth-order valence-corrected chi connectivity index (χ4v) is 3.99. The van der Waals surface area contributed by atoms with E-state index >= 15 is 0 Å². The average Bonchev–Trinajstić information content (AvgIpc) is 3.35. The molecule has 1 aliphatic heterocycles. The van der Waals surface area contributed by atoms with Crippen LogP contribution in [-0.4, -0.2) is 28.5 Å². The lowest BCUT2D eigenvalue weighted by molar-refractivity contribution is 0.0914. The maximum atomic E-state index is 12.3. The molecule has 5 nitrogen and oxygen atoms in total. The summed E-state index contributed by atoms with van der Waals surface area (Å²) in [6.45, 7) is 9.47. The second kappa shape index (κ2) is 8.29. The number of furan rings is 1. The average molecular weight is 392 g/mol. The molecule has 0 radical (unpaired) electrons. The molecule has 3 heterocycles. The molecule has 0 saturated heterocycles. The smallest absolute Gasteiger partial charge is 0.287 e. The number of amides is 1. The standard InChI is InChI=1S/C24H29N3O2/c1-17(2)15-25-24(28)22-10-9-20(29-22)16-27-13-12-26-11-5-8-21(26)23(27)19-7-4-6-18(3)14-19/h4-11,14,17,23H,12-13,15-16H2,1-3H3,(H,25,28). The molecule has 2 aromatic heterocycles. The minimum Gasteiger partial charge on any atom is -0.455 e. The number of hydrogen-bond acceptors (Lipinski definition) is 3. The second-order valence-corrected chi connectivity index (χ2v) is 8.28. The van der Waals surface area contributed by atoms with Crippen LogP contribution in [0.4, 0.5) is 0 Å². The van der Waals surface area contributed by atoms with E-state index in [-0.39, 0.29) is 11.9 Å². The van der Waals surface area contributed by atoms with E-state index in [0.717, 1.165) is 18.8 Å². The highest BCUT2D eigenvalue weighted by molar-refractivity contribution is 5.91. The van der Waals surface area contributed by atoms with Crippen LogP contribution in [0.25, 0.3) is 0 Å². The zero-order valence-electron chi connectivity index (χ0n) is 17.4. The fraction of sp³-hybridized carbons (Fsp3) is 0.375. The highest BCUT2D eigenvalue weighted by Gasteiger charge is 2.29. The largest absolute Gasteiger partial charge is 0.455 e. The van der Waals surface area contributed by atoms with Crippen molar-refractivity contribution in [2.24, 2.45) is 5.92 Å². The van der Waals surface area contributed by atoms with Crippen molar-refractivity contribution in [2.45, 2.75) is 39.9 Å². The third-order valence-electron chi connectivity index (χ3n) is 5.41. The van der Waals surface area contributed by atoms with Crippen molar-refractivity contribution < 1.29 is 9.21 Å². The van der Waals surface area contributed by atoms with Gasteiger partial charge in [-0.25, -0.2) is 0 Å². The molecule has 1 aromatic carbocycles. The Morgan fingerprint density at radius 2 is 2.03 bits per heavy atom. The highest BCUT2D eigenvalue weighted by Crippen LogP contribution is 2.34. The molecule has 0 fully saturated rings. The first-order valence-corrected chi connectivity index (χ1v) is 10.3. The predicted octanol–water partition coefficient (Wildman–Crippen LogP) is 4.38. The lowest BCUT2D eigenvalue weighted by atomic mass is 9.98. The number of carbonyl (C=O) groups excluding carboxylic acids is 1. The Kier molecular flexibility index (Phi) is 5.58. The first-order valence-electron chi connectivity index (χ1n) is 10.3. The number of hydrogen-bond donors (Lipinski definition) is 1. The maximum Gasteiger partial charge on any atom is 0.287 e. The van der Waals surface area contributed by atoms with Crippen LogP contribution >= 0.6 is 0 Å².